The van der Waals surface area contributed by atoms with E-state index >= 15 is 0 Å². The van der Waals surface area contributed by atoms with E-state index < -0.39 is 18.1 Å². The Morgan fingerprint density at radius 3 is 2.14 bits per heavy atom. The Morgan fingerprint density at radius 2 is 1.52 bits per heavy atom. The Balaban J connectivity index is 1.26. The summed E-state index contributed by atoms with van der Waals surface area (Å²) in [7, 11) is 0. The molecule has 3 aromatic carbocycles. The molecule has 9 heteroatoms. The Kier molecular flexibility index (Phi) is 8.98. The molecule has 2 atom stereocenters. The summed E-state index contributed by atoms with van der Waals surface area (Å²) >= 11 is 3.23. The zero-order chi connectivity index (χ0) is 28.9. The Bertz CT molecular complexity index is 1410. The third-order valence-corrected chi connectivity index (χ3v) is 10.4. The molecule has 6 rings (SSSR count). The molecule has 3 aliphatic rings. The molecule has 3 aromatic rings. The number of hydrogen-bond donors (Lipinski definition) is 1. The van der Waals surface area contributed by atoms with Crippen LogP contribution in [-0.4, -0.2) is 58.3 Å². The Morgan fingerprint density at radius 1 is 0.929 bits per heavy atom. The van der Waals surface area contributed by atoms with E-state index in [-0.39, 0.29) is 23.6 Å². The molecule has 0 bridgehead atoms. The van der Waals surface area contributed by atoms with Crippen LogP contribution < -0.4 is 5.32 Å². The van der Waals surface area contributed by atoms with Gasteiger partial charge in [-0.1, -0.05) is 91.0 Å². The van der Waals surface area contributed by atoms with Gasteiger partial charge in [0.1, 0.15) is 17.1 Å². The number of thioether (sulfide) groups is 2. The number of nitrogens with zero attached hydrogens (tertiary/aromatic N) is 1. The van der Waals surface area contributed by atoms with Crippen molar-refractivity contribution in [3.8, 4) is 0 Å². The van der Waals surface area contributed by atoms with Crippen molar-refractivity contribution in [2.45, 2.75) is 42.0 Å². The number of fused-ring (bicyclic) bond motifs is 1. The molecular formula is C33H32N2O5S2. The first kappa shape index (κ1) is 28.6. The highest BCUT2D eigenvalue weighted by molar-refractivity contribution is 8.06. The first-order valence-corrected chi connectivity index (χ1v) is 16.1. The van der Waals surface area contributed by atoms with Gasteiger partial charge in [-0.3, -0.25) is 14.5 Å². The zero-order valence-electron chi connectivity index (χ0n) is 23.0. The summed E-state index contributed by atoms with van der Waals surface area (Å²) in [4.78, 5) is 42.9. The van der Waals surface area contributed by atoms with E-state index in [4.69, 9.17) is 9.47 Å². The maximum absolute atomic E-state index is 14.1. The molecule has 0 radical (unpaired) electrons. The molecule has 2 fully saturated rings. The van der Waals surface area contributed by atoms with E-state index in [1.807, 2.05) is 91.0 Å². The lowest BCUT2D eigenvalue weighted by atomic mass is 10.0. The predicted molar refractivity (Wildman–Crippen MR) is 164 cm³/mol. The second-order valence-electron chi connectivity index (χ2n) is 10.4. The van der Waals surface area contributed by atoms with Crippen molar-refractivity contribution in [2.75, 3.05) is 19.0 Å². The molecule has 2 saturated heterocycles. The average Bonchev–Trinajstić information content (AvgIpc) is 3.04. The van der Waals surface area contributed by atoms with Gasteiger partial charge in [-0.2, -0.15) is 0 Å². The number of benzene rings is 3. The smallest absolute Gasteiger partial charge is 0.356 e. The fourth-order valence-corrected chi connectivity index (χ4v) is 8.21. The molecule has 3 heterocycles. The van der Waals surface area contributed by atoms with Crippen LogP contribution in [0.1, 0.15) is 35.6 Å². The van der Waals surface area contributed by atoms with Gasteiger partial charge in [0.05, 0.1) is 6.42 Å². The molecule has 1 N–H and O–H groups in total. The number of carbonyl (C=O) groups is 3. The normalized spacial score (nSPS) is 20.6. The molecule has 0 saturated carbocycles. The number of ether oxygens (including phenoxy) is 2. The number of rotatable bonds is 9. The molecule has 0 aromatic heterocycles. The molecule has 7 nitrogen and oxygen atoms in total. The van der Waals surface area contributed by atoms with Crippen molar-refractivity contribution in [1.29, 1.82) is 0 Å². The van der Waals surface area contributed by atoms with Crippen LogP contribution >= 0.6 is 23.5 Å². The van der Waals surface area contributed by atoms with Gasteiger partial charge in [0.15, 0.2) is 6.10 Å². The summed E-state index contributed by atoms with van der Waals surface area (Å²) in [6.45, 7) is 1.37. The lowest BCUT2D eigenvalue weighted by molar-refractivity contribution is -0.154. The van der Waals surface area contributed by atoms with Gasteiger partial charge >= 0.3 is 5.97 Å². The van der Waals surface area contributed by atoms with Crippen molar-refractivity contribution in [2.24, 2.45) is 0 Å². The number of hydrogen-bond acceptors (Lipinski definition) is 7. The highest BCUT2D eigenvalue weighted by atomic mass is 32.2. The largest absolute Gasteiger partial charge is 0.448 e. The van der Waals surface area contributed by atoms with E-state index in [0.717, 1.165) is 34.4 Å². The van der Waals surface area contributed by atoms with E-state index in [1.54, 1.807) is 28.4 Å². The van der Waals surface area contributed by atoms with E-state index in [9.17, 15) is 14.4 Å². The molecule has 42 heavy (non-hydrogen) atoms. The Labute approximate surface area is 254 Å². The monoisotopic (exact) mass is 600 g/mol. The first-order valence-electron chi connectivity index (χ1n) is 14.1. The molecule has 0 aliphatic carbocycles. The van der Waals surface area contributed by atoms with Gasteiger partial charge < -0.3 is 14.8 Å². The van der Waals surface area contributed by atoms with Gasteiger partial charge in [-0.25, -0.2) is 4.79 Å². The fraction of sp³-hybridized carbons (Fsp3) is 0.303. The summed E-state index contributed by atoms with van der Waals surface area (Å²) in [5.41, 5.74) is 2.87. The molecular weight excluding hydrogens is 569 g/mol. The van der Waals surface area contributed by atoms with Crippen LogP contribution in [0.5, 0.6) is 0 Å². The summed E-state index contributed by atoms with van der Waals surface area (Å²) in [5, 5.41) is 2.84. The third-order valence-electron chi connectivity index (χ3n) is 7.56. The highest BCUT2D eigenvalue weighted by Crippen LogP contribution is 2.46. The van der Waals surface area contributed by atoms with Crippen molar-refractivity contribution < 1.29 is 23.9 Å². The minimum atomic E-state index is -0.692. The van der Waals surface area contributed by atoms with E-state index in [2.05, 4.69) is 5.32 Å². The standard InChI is InChI=1S/C33H32N2O5S2/c36-27(20-22-10-4-1-5-11-22)34-28-31(37)35-29(26(21-41-32(28)35)42-25-16-18-39-19-17-25)33(38)40-30(23-12-6-2-7-13-23)24-14-8-3-9-15-24/h1-15,25,28,30,32H,16-21H2,(H,34,36). The van der Waals surface area contributed by atoms with Gasteiger partial charge in [0.25, 0.3) is 5.91 Å². The third kappa shape index (κ3) is 6.28. The summed E-state index contributed by atoms with van der Waals surface area (Å²) < 4.78 is 11.8. The Hall–Kier alpha value is -3.53. The summed E-state index contributed by atoms with van der Waals surface area (Å²) in [5.74, 6) is -0.479. The van der Waals surface area contributed by atoms with Crippen molar-refractivity contribution in [1.82, 2.24) is 10.2 Å². The number of esters is 1. The number of nitrogens with one attached hydrogen (secondary N) is 1. The minimum Gasteiger partial charge on any atom is -0.448 e. The lowest BCUT2D eigenvalue weighted by Crippen LogP contribution is -2.70. The van der Waals surface area contributed by atoms with Crippen LogP contribution in [0.25, 0.3) is 0 Å². The molecule has 2 amide bonds. The van der Waals surface area contributed by atoms with Crippen LogP contribution in [0.3, 0.4) is 0 Å². The molecule has 2 unspecified atom stereocenters. The number of amides is 2. The minimum absolute atomic E-state index is 0.188. The quantitative estimate of drug-likeness (QED) is 0.271. The lowest BCUT2D eigenvalue weighted by Gasteiger charge is -2.50. The highest BCUT2D eigenvalue weighted by Gasteiger charge is 2.55. The van der Waals surface area contributed by atoms with E-state index in [0.29, 0.717) is 29.9 Å². The van der Waals surface area contributed by atoms with Crippen molar-refractivity contribution in [3.05, 3.63) is 118 Å². The second kappa shape index (κ2) is 13.2. The van der Waals surface area contributed by atoms with Gasteiger partial charge in [0.2, 0.25) is 5.91 Å². The second-order valence-corrected chi connectivity index (χ2v) is 12.9. The van der Waals surface area contributed by atoms with Crippen LogP contribution in [0.15, 0.2) is 102 Å². The molecule has 3 aliphatic heterocycles. The predicted octanol–water partition coefficient (Wildman–Crippen LogP) is 5.09. The SMILES string of the molecule is O=C(Cc1ccccc1)NC1C(=O)N2C(C(=O)OC(c3ccccc3)c3ccccc3)=C(SC3CCOCC3)CSC12. The topological polar surface area (TPSA) is 84.9 Å². The molecule has 0 spiro atoms. The maximum atomic E-state index is 14.1. The summed E-state index contributed by atoms with van der Waals surface area (Å²) in [6.07, 6.45) is 1.32. The number of β-lactam (4-membered cyclic amide) rings is 1. The first-order chi connectivity index (χ1) is 20.6. The fourth-order valence-electron chi connectivity index (χ4n) is 5.42. The van der Waals surface area contributed by atoms with Gasteiger partial charge in [0, 0.05) is 29.1 Å². The van der Waals surface area contributed by atoms with Crippen LogP contribution in [-0.2, 0) is 30.3 Å². The van der Waals surface area contributed by atoms with Crippen molar-refractivity contribution in [3.63, 3.8) is 0 Å². The zero-order valence-corrected chi connectivity index (χ0v) is 24.7. The van der Waals surface area contributed by atoms with E-state index in [1.165, 1.54) is 0 Å². The van der Waals surface area contributed by atoms with Gasteiger partial charge in [-0.05, 0) is 29.5 Å². The van der Waals surface area contributed by atoms with Crippen LogP contribution in [0.4, 0.5) is 0 Å². The maximum Gasteiger partial charge on any atom is 0.356 e. The average molecular weight is 601 g/mol. The van der Waals surface area contributed by atoms with Gasteiger partial charge in [-0.15, -0.1) is 23.5 Å². The summed E-state index contributed by atoms with van der Waals surface area (Å²) in [6, 6.07) is 28.0. The van der Waals surface area contributed by atoms with Crippen LogP contribution in [0, 0.1) is 0 Å². The van der Waals surface area contributed by atoms with Crippen LogP contribution in [0.2, 0.25) is 0 Å². The number of carbonyl (C=O) groups excluding carboxylic acids is 3. The van der Waals surface area contributed by atoms with Crippen molar-refractivity contribution >= 4 is 41.3 Å². The molecule has 216 valence electrons.